The highest BCUT2D eigenvalue weighted by Gasteiger charge is 2.35. The third kappa shape index (κ3) is 6.36. The molecule has 208 valence electrons. The average Bonchev–Trinajstić information content (AvgIpc) is 3.31. The minimum atomic E-state index is -0.695. The zero-order chi connectivity index (χ0) is 28.2. The fourth-order valence-corrected chi connectivity index (χ4v) is 5.19. The van der Waals surface area contributed by atoms with E-state index in [2.05, 4.69) is 10.3 Å². The smallest absolute Gasteiger partial charge is 0.416 e. The summed E-state index contributed by atoms with van der Waals surface area (Å²) in [6, 6.07) is 19.5. The van der Waals surface area contributed by atoms with E-state index >= 15 is 0 Å². The number of aromatic amines is 1. The fraction of sp³-hybridized carbons (Fsp3) is 0.267. The number of nitrogens with zero attached hydrogens (tertiary/aromatic N) is 1. The van der Waals surface area contributed by atoms with Gasteiger partial charge in [-0.15, -0.1) is 0 Å². The maximum absolute atomic E-state index is 13.4. The zero-order valence-electron chi connectivity index (χ0n) is 21.8. The number of halogens is 2. The van der Waals surface area contributed by atoms with Crippen molar-refractivity contribution < 1.29 is 24.2 Å². The number of carbonyl (C=O) groups is 2. The van der Waals surface area contributed by atoms with E-state index in [1.807, 2.05) is 42.5 Å². The Morgan fingerprint density at radius 2 is 1.75 bits per heavy atom. The van der Waals surface area contributed by atoms with Crippen LogP contribution in [0, 0.1) is 0 Å². The highest BCUT2D eigenvalue weighted by molar-refractivity contribution is 6.31. The summed E-state index contributed by atoms with van der Waals surface area (Å²) in [5.74, 6) is 0.850. The molecule has 1 aliphatic rings. The Bertz CT molecular complexity index is 1500. The Balaban J connectivity index is 1.38. The molecule has 40 heavy (non-hydrogen) atoms. The summed E-state index contributed by atoms with van der Waals surface area (Å²) < 4.78 is 11.5. The minimum Gasteiger partial charge on any atom is -0.493 e. The lowest BCUT2D eigenvalue weighted by Crippen LogP contribution is -2.42. The van der Waals surface area contributed by atoms with Crippen LogP contribution >= 0.6 is 23.2 Å². The van der Waals surface area contributed by atoms with Crippen LogP contribution in [0.1, 0.15) is 36.2 Å². The van der Waals surface area contributed by atoms with E-state index in [4.69, 9.17) is 32.7 Å². The van der Waals surface area contributed by atoms with Crippen molar-refractivity contribution in [3.05, 3.63) is 93.6 Å². The largest absolute Gasteiger partial charge is 0.493 e. The van der Waals surface area contributed by atoms with Crippen molar-refractivity contribution in [2.24, 2.45) is 0 Å². The summed E-state index contributed by atoms with van der Waals surface area (Å²) in [6.07, 6.45) is -0.150. The van der Waals surface area contributed by atoms with Gasteiger partial charge in [0, 0.05) is 53.1 Å². The molecule has 2 atom stereocenters. The number of H-pyrrole nitrogens is 1. The van der Waals surface area contributed by atoms with Gasteiger partial charge in [0.25, 0.3) is 0 Å². The van der Waals surface area contributed by atoms with Crippen molar-refractivity contribution in [3.63, 3.8) is 0 Å². The predicted molar refractivity (Wildman–Crippen MR) is 154 cm³/mol. The van der Waals surface area contributed by atoms with Crippen LogP contribution in [0.25, 0.3) is 10.9 Å². The molecular formula is C30H29Cl2N3O5. The van der Waals surface area contributed by atoms with Gasteiger partial charge in [0.15, 0.2) is 0 Å². The quantitative estimate of drug-likeness (QED) is 0.241. The van der Waals surface area contributed by atoms with Gasteiger partial charge in [-0.3, -0.25) is 9.69 Å². The first-order valence-electron chi connectivity index (χ1n) is 13.0. The molecule has 8 nitrogen and oxygen atoms in total. The van der Waals surface area contributed by atoms with Gasteiger partial charge in [0.2, 0.25) is 5.91 Å². The number of fused-ring (bicyclic) bond motifs is 3. The maximum Gasteiger partial charge on any atom is 0.416 e. The number of ether oxygens (including phenoxy) is 2. The van der Waals surface area contributed by atoms with Gasteiger partial charge in [-0.25, -0.2) is 4.79 Å². The van der Waals surface area contributed by atoms with Gasteiger partial charge in [-0.2, -0.15) is 0 Å². The summed E-state index contributed by atoms with van der Waals surface area (Å²) in [7, 11) is 0. The third-order valence-corrected chi connectivity index (χ3v) is 7.33. The normalized spacial score (nSPS) is 15.4. The van der Waals surface area contributed by atoms with Crippen LogP contribution in [0.2, 0.25) is 10.0 Å². The molecule has 0 spiro atoms. The molecule has 2 heterocycles. The maximum atomic E-state index is 13.4. The molecule has 4 aromatic rings. The van der Waals surface area contributed by atoms with Crippen LogP contribution in [0.4, 0.5) is 4.79 Å². The molecule has 0 saturated carbocycles. The molecule has 3 N–H and O–H groups in total. The standard InChI is InChI=1S/C30H29Cl2N3O5/c1-18(36)33-17-22(37)13-15-39-23-7-2-19(3-8-23)29-28-25(26-16-21(32)6-11-27(26)34-28)12-14-35(29)30(38)40-24-9-4-20(31)5-10-24/h2-11,16,22,29,34,37H,12-15,17H2,1H3,(H,33,36). The van der Waals surface area contributed by atoms with E-state index in [-0.39, 0.29) is 19.1 Å². The summed E-state index contributed by atoms with van der Waals surface area (Å²) in [5, 5.41) is 14.8. The van der Waals surface area contributed by atoms with Crippen molar-refractivity contribution in [1.29, 1.82) is 0 Å². The first-order valence-corrected chi connectivity index (χ1v) is 13.7. The van der Waals surface area contributed by atoms with Gasteiger partial charge in [-0.1, -0.05) is 35.3 Å². The Morgan fingerprint density at radius 1 is 1.05 bits per heavy atom. The van der Waals surface area contributed by atoms with Gasteiger partial charge >= 0.3 is 6.09 Å². The number of aromatic nitrogens is 1. The zero-order valence-corrected chi connectivity index (χ0v) is 23.3. The van der Waals surface area contributed by atoms with Crippen LogP contribution < -0.4 is 14.8 Å². The number of benzene rings is 3. The second-order valence-electron chi connectivity index (χ2n) is 9.67. The molecule has 10 heteroatoms. The monoisotopic (exact) mass is 581 g/mol. The topological polar surface area (TPSA) is 104 Å². The molecule has 5 rings (SSSR count). The molecule has 0 fully saturated rings. The number of carbonyl (C=O) groups excluding carboxylic acids is 2. The number of aliphatic hydroxyl groups excluding tert-OH is 1. The Kier molecular flexibility index (Phi) is 8.49. The predicted octanol–water partition coefficient (Wildman–Crippen LogP) is 5.89. The molecule has 1 aromatic heterocycles. The first-order chi connectivity index (χ1) is 19.3. The van der Waals surface area contributed by atoms with E-state index in [0.29, 0.717) is 40.9 Å². The Labute approximate surface area is 241 Å². The summed E-state index contributed by atoms with van der Waals surface area (Å²) in [5.41, 5.74) is 3.85. The van der Waals surface area contributed by atoms with Crippen molar-refractivity contribution in [1.82, 2.24) is 15.2 Å². The van der Waals surface area contributed by atoms with Crippen LogP contribution in [-0.4, -0.2) is 52.8 Å². The molecule has 0 saturated heterocycles. The molecule has 0 aliphatic carbocycles. The fourth-order valence-electron chi connectivity index (χ4n) is 4.89. The molecule has 0 radical (unpaired) electrons. The lowest BCUT2D eigenvalue weighted by Gasteiger charge is -2.35. The lowest BCUT2D eigenvalue weighted by atomic mass is 9.92. The molecule has 0 bridgehead atoms. The minimum absolute atomic E-state index is 0.180. The number of aliphatic hydroxyl groups is 1. The molecule has 2 unspecified atom stereocenters. The highest BCUT2D eigenvalue weighted by atomic mass is 35.5. The summed E-state index contributed by atoms with van der Waals surface area (Å²) in [6.45, 7) is 2.33. The van der Waals surface area contributed by atoms with Crippen molar-refractivity contribution in [3.8, 4) is 11.5 Å². The van der Waals surface area contributed by atoms with E-state index in [1.54, 1.807) is 29.2 Å². The summed E-state index contributed by atoms with van der Waals surface area (Å²) >= 11 is 12.3. The average molecular weight is 582 g/mol. The number of rotatable bonds is 8. The number of hydrogen-bond acceptors (Lipinski definition) is 5. The second-order valence-corrected chi connectivity index (χ2v) is 10.5. The molecule has 2 amide bonds. The SMILES string of the molecule is CC(=O)NCC(O)CCOc1ccc(C2c3[nH]c4ccc(Cl)cc4c3CCN2C(=O)Oc2ccc(Cl)cc2)cc1. The lowest BCUT2D eigenvalue weighted by molar-refractivity contribution is -0.119. The highest BCUT2D eigenvalue weighted by Crippen LogP contribution is 2.40. The van der Waals surface area contributed by atoms with Gasteiger partial charge in [-0.05, 0) is 72.1 Å². The third-order valence-electron chi connectivity index (χ3n) is 6.84. The Hall–Kier alpha value is -3.72. The van der Waals surface area contributed by atoms with Crippen LogP contribution in [0.3, 0.4) is 0 Å². The number of nitrogens with one attached hydrogen (secondary N) is 2. The number of hydrogen-bond donors (Lipinski definition) is 3. The van der Waals surface area contributed by atoms with Gasteiger partial charge in [0.1, 0.15) is 17.5 Å². The van der Waals surface area contributed by atoms with E-state index in [1.165, 1.54) is 6.92 Å². The van der Waals surface area contributed by atoms with Gasteiger partial charge < -0.3 is 24.9 Å². The van der Waals surface area contributed by atoms with Crippen molar-refractivity contribution >= 4 is 46.1 Å². The van der Waals surface area contributed by atoms with Gasteiger partial charge in [0.05, 0.1) is 12.7 Å². The Morgan fingerprint density at radius 3 is 2.48 bits per heavy atom. The second kappa shape index (κ2) is 12.2. The first kappa shape index (κ1) is 27.8. The van der Waals surface area contributed by atoms with Crippen molar-refractivity contribution in [2.75, 3.05) is 19.7 Å². The van der Waals surface area contributed by atoms with E-state index in [9.17, 15) is 14.7 Å². The van der Waals surface area contributed by atoms with E-state index in [0.717, 1.165) is 27.7 Å². The molecule has 1 aliphatic heterocycles. The molecular weight excluding hydrogens is 553 g/mol. The van der Waals surface area contributed by atoms with Crippen molar-refractivity contribution in [2.45, 2.75) is 31.9 Å². The molecule has 3 aromatic carbocycles. The van der Waals surface area contributed by atoms with Crippen LogP contribution in [0.15, 0.2) is 66.7 Å². The van der Waals surface area contributed by atoms with Crippen LogP contribution in [-0.2, 0) is 11.2 Å². The van der Waals surface area contributed by atoms with Crippen LogP contribution in [0.5, 0.6) is 11.5 Å². The summed E-state index contributed by atoms with van der Waals surface area (Å²) in [4.78, 5) is 29.7. The van der Waals surface area contributed by atoms with E-state index < -0.39 is 18.2 Å². The number of amides is 2.